The Kier molecular flexibility index (Phi) is 3.68. The molecular weight excluding hydrogens is 184 g/mol. The van der Waals surface area contributed by atoms with Gasteiger partial charge in [-0.15, -0.1) is 0 Å². The minimum Gasteiger partial charge on any atom is -0.304 e. The van der Waals surface area contributed by atoms with Gasteiger partial charge in [0, 0.05) is 31.7 Å². The molecule has 0 unspecified atom stereocenters. The average molecular weight is 210 g/mol. The van der Waals surface area contributed by atoms with Gasteiger partial charge < -0.3 is 4.90 Å². The van der Waals surface area contributed by atoms with E-state index in [9.17, 15) is 0 Å². The Bertz CT molecular complexity index is 189. The lowest BCUT2D eigenvalue weighted by Crippen LogP contribution is -2.56. The van der Waals surface area contributed by atoms with Crippen LogP contribution >= 0.6 is 0 Å². The monoisotopic (exact) mass is 210 g/mol. The molecule has 0 bridgehead atoms. The SMILES string of the molecule is CCC1(N2CCN(C)CC2)CCCCC1. The van der Waals surface area contributed by atoms with Crippen molar-refractivity contribution in [3.63, 3.8) is 0 Å². The molecule has 88 valence electrons. The van der Waals surface area contributed by atoms with E-state index in [1.165, 1.54) is 64.7 Å². The number of piperazine rings is 1. The fourth-order valence-corrected chi connectivity index (χ4v) is 3.38. The minimum absolute atomic E-state index is 0.583. The summed E-state index contributed by atoms with van der Waals surface area (Å²) in [6.45, 7) is 7.52. The highest BCUT2D eigenvalue weighted by Crippen LogP contribution is 2.36. The molecule has 0 aromatic heterocycles. The molecule has 0 atom stereocenters. The van der Waals surface area contributed by atoms with Crippen LogP contribution in [0, 0.1) is 0 Å². The van der Waals surface area contributed by atoms with Crippen LogP contribution in [0.1, 0.15) is 45.4 Å². The second-order valence-electron chi connectivity index (χ2n) is 5.43. The zero-order chi connectivity index (χ0) is 10.7. The Morgan fingerprint density at radius 3 is 2.07 bits per heavy atom. The van der Waals surface area contributed by atoms with Crippen molar-refractivity contribution in [2.24, 2.45) is 0 Å². The summed E-state index contributed by atoms with van der Waals surface area (Å²) in [4.78, 5) is 5.26. The van der Waals surface area contributed by atoms with Crippen LogP contribution in [0.15, 0.2) is 0 Å². The van der Waals surface area contributed by atoms with E-state index in [0.717, 1.165) is 0 Å². The van der Waals surface area contributed by atoms with Gasteiger partial charge in [-0.2, -0.15) is 0 Å². The van der Waals surface area contributed by atoms with E-state index in [0.29, 0.717) is 5.54 Å². The molecule has 0 spiro atoms. The van der Waals surface area contributed by atoms with Gasteiger partial charge in [0.1, 0.15) is 0 Å². The van der Waals surface area contributed by atoms with Gasteiger partial charge in [0.05, 0.1) is 0 Å². The molecule has 0 aromatic rings. The molecular formula is C13H26N2. The summed E-state index contributed by atoms with van der Waals surface area (Å²) >= 11 is 0. The van der Waals surface area contributed by atoms with Crippen molar-refractivity contribution in [2.75, 3.05) is 33.2 Å². The van der Waals surface area contributed by atoms with Crippen molar-refractivity contribution >= 4 is 0 Å². The molecule has 0 amide bonds. The summed E-state index contributed by atoms with van der Waals surface area (Å²) in [6.07, 6.45) is 8.65. The summed E-state index contributed by atoms with van der Waals surface area (Å²) in [7, 11) is 2.25. The van der Waals surface area contributed by atoms with E-state index >= 15 is 0 Å². The zero-order valence-electron chi connectivity index (χ0n) is 10.5. The Morgan fingerprint density at radius 1 is 0.933 bits per heavy atom. The summed E-state index contributed by atoms with van der Waals surface area (Å²) in [5.41, 5.74) is 0.583. The van der Waals surface area contributed by atoms with Crippen LogP contribution in [0.5, 0.6) is 0 Å². The maximum atomic E-state index is 2.80. The van der Waals surface area contributed by atoms with E-state index in [4.69, 9.17) is 0 Å². The van der Waals surface area contributed by atoms with E-state index in [1.54, 1.807) is 0 Å². The normalized spacial score (nSPS) is 29.2. The number of hydrogen-bond acceptors (Lipinski definition) is 2. The molecule has 1 aliphatic heterocycles. The van der Waals surface area contributed by atoms with Crippen LogP contribution in [0.3, 0.4) is 0 Å². The van der Waals surface area contributed by atoms with Gasteiger partial charge in [-0.05, 0) is 26.3 Å². The van der Waals surface area contributed by atoms with Crippen molar-refractivity contribution in [3.05, 3.63) is 0 Å². The molecule has 0 N–H and O–H groups in total. The largest absolute Gasteiger partial charge is 0.304 e. The van der Waals surface area contributed by atoms with Crippen molar-refractivity contribution < 1.29 is 0 Å². The molecule has 15 heavy (non-hydrogen) atoms. The van der Waals surface area contributed by atoms with Crippen LogP contribution in [-0.2, 0) is 0 Å². The molecule has 2 heteroatoms. The molecule has 1 heterocycles. The first-order valence-corrected chi connectivity index (χ1v) is 6.70. The third-order valence-corrected chi connectivity index (χ3v) is 4.62. The van der Waals surface area contributed by atoms with Gasteiger partial charge in [-0.1, -0.05) is 26.2 Å². The van der Waals surface area contributed by atoms with Crippen LogP contribution in [0.2, 0.25) is 0 Å². The Morgan fingerprint density at radius 2 is 1.53 bits per heavy atom. The zero-order valence-corrected chi connectivity index (χ0v) is 10.5. The van der Waals surface area contributed by atoms with Crippen LogP contribution < -0.4 is 0 Å². The second kappa shape index (κ2) is 4.84. The fourth-order valence-electron chi connectivity index (χ4n) is 3.38. The highest BCUT2D eigenvalue weighted by atomic mass is 15.3. The predicted octanol–water partition coefficient (Wildman–Crippen LogP) is 2.35. The first-order chi connectivity index (χ1) is 7.27. The first kappa shape index (κ1) is 11.4. The second-order valence-corrected chi connectivity index (χ2v) is 5.43. The maximum absolute atomic E-state index is 2.80. The third-order valence-electron chi connectivity index (χ3n) is 4.62. The van der Waals surface area contributed by atoms with Crippen LogP contribution in [-0.4, -0.2) is 48.6 Å². The van der Waals surface area contributed by atoms with Gasteiger partial charge >= 0.3 is 0 Å². The van der Waals surface area contributed by atoms with E-state index in [-0.39, 0.29) is 0 Å². The highest BCUT2D eigenvalue weighted by Gasteiger charge is 2.36. The lowest BCUT2D eigenvalue weighted by Gasteiger charge is -2.49. The summed E-state index contributed by atoms with van der Waals surface area (Å²) < 4.78 is 0. The molecule has 0 aromatic carbocycles. The quantitative estimate of drug-likeness (QED) is 0.690. The predicted molar refractivity (Wildman–Crippen MR) is 65.2 cm³/mol. The smallest absolute Gasteiger partial charge is 0.0208 e. The van der Waals surface area contributed by atoms with E-state index in [2.05, 4.69) is 23.8 Å². The molecule has 2 rings (SSSR count). The molecule has 1 aliphatic carbocycles. The summed E-state index contributed by atoms with van der Waals surface area (Å²) in [5.74, 6) is 0. The average Bonchev–Trinajstić information content (AvgIpc) is 2.31. The van der Waals surface area contributed by atoms with Crippen molar-refractivity contribution in [2.45, 2.75) is 51.0 Å². The maximum Gasteiger partial charge on any atom is 0.0208 e. The highest BCUT2D eigenvalue weighted by molar-refractivity contribution is 4.93. The van der Waals surface area contributed by atoms with Gasteiger partial charge in [-0.25, -0.2) is 0 Å². The van der Waals surface area contributed by atoms with Crippen molar-refractivity contribution in [3.8, 4) is 0 Å². The van der Waals surface area contributed by atoms with E-state index < -0.39 is 0 Å². The standard InChI is InChI=1S/C13H26N2/c1-3-13(7-5-4-6-8-13)15-11-9-14(2)10-12-15/h3-12H2,1-2H3. The van der Waals surface area contributed by atoms with Crippen molar-refractivity contribution in [1.29, 1.82) is 0 Å². The number of hydrogen-bond donors (Lipinski definition) is 0. The molecule has 0 radical (unpaired) electrons. The summed E-state index contributed by atoms with van der Waals surface area (Å²) in [6, 6.07) is 0. The Hall–Kier alpha value is -0.0800. The summed E-state index contributed by atoms with van der Waals surface area (Å²) in [5, 5.41) is 0. The van der Waals surface area contributed by atoms with Gasteiger partial charge in [0.25, 0.3) is 0 Å². The van der Waals surface area contributed by atoms with E-state index in [1.807, 2.05) is 0 Å². The third kappa shape index (κ3) is 2.36. The molecule has 2 fully saturated rings. The molecule has 2 aliphatic rings. The number of nitrogens with zero attached hydrogens (tertiary/aromatic N) is 2. The van der Waals surface area contributed by atoms with Gasteiger partial charge in [-0.3, -0.25) is 4.90 Å². The van der Waals surface area contributed by atoms with Crippen molar-refractivity contribution in [1.82, 2.24) is 9.80 Å². The van der Waals surface area contributed by atoms with Crippen LogP contribution in [0.4, 0.5) is 0 Å². The Balaban J connectivity index is 1.98. The van der Waals surface area contributed by atoms with Gasteiger partial charge in [0.15, 0.2) is 0 Å². The number of likely N-dealkylation sites (N-methyl/N-ethyl adjacent to an activating group) is 1. The Labute approximate surface area is 94.6 Å². The fraction of sp³-hybridized carbons (Fsp3) is 1.00. The van der Waals surface area contributed by atoms with Crippen LogP contribution in [0.25, 0.3) is 0 Å². The number of rotatable bonds is 2. The molecule has 2 nitrogen and oxygen atoms in total. The lowest BCUT2D eigenvalue weighted by molar-refractivity contribution is 0.0108. The lowest BCUT2D eigenvalue weighted by atomic mass is 9.78. The minimum atomic E-state index is 0.583. The molecule has 1 saturated heterocycles. The molecule has 1 saturated carbocycles. The first-order valence-electron chi connectivity index (χ1n) is 6.70. The van der Waals surface area contributed by atoms with Gasteiger partial charge in [0.2, 0.25) is 0 Å². The topological polar surface area (TPSA) is 6.48 Å².